The number of nitrogens with one attached hydrogen (secondary N) is 1. The topological polar surface area (TPSA) is 94.4 Å². The van der Waals surface area contributed by atoms with E-state index >= 15 is 0 Å². The molecule has 0 saturated carbocycles. The van der Waals surface area contributed by atoms with Crippen molar-refractivity contribution in [3.8, 4) is 17.0 Å². The van der Waals surface area contributed by atoms with E-state index in [1.807, 2.05) is 36.6 Å². The maximum absolute atomic E-state index is 12.3. The SMILES string of the molecule is CCOc1ccc(NC(=O)CSc2nc(-c3ccc(C)cc3)cs2)c([N+](=O)[O-])c1. The molecule has 0 atom stereocenters. The lowest BCUT2D eigenvalue weighted by Gasteiger charge is -2.08. The number of ether oxygens (including phenoxy) is 1. The van der Waals surface area contributed by atoms with Crippen LogP contribution in [0.2, 0.25) is 0 Å². The van der Waals surface area contributed by atoms with Crippen LogP contribution < -0.4 is 10.1 Å². The molecule has 0 unspecified atom stereocenters. The summed E-state index contributed by atoms with van der Waals surface area (Å²) in [6.07, 6.45) is 0. The highest BCUT2D eigenvalue weighted by atomic mass is 32.2. The summed E-state index contributed by atoms with van der Waals surface area (Å²) in [5.41, 5.74) is 3.00. The van der Waals surface area contributed by atoms with E-state index < -0.39 is 4.92 Å². The second-order valence-electron chi connectivity index (χ2n) is 6.07. The van der Waals surface area contributed by atoms with Gasteiger partial charge in [-0.25, -0.2) is 4.98 Å². The number of benzene rings is 2. The number of aryl methyl sites for hydroxylation is 1. The van der Waals surface area contributed by atoms with Crippen molar-refractivity contribution in [2.45, 2.75) is 18.2 Å². The van der Waals surface area contributed by atoms with Crippen LogP contribution in [0.5, 0.6) is 5.75 Å². The minimum Gasteiger partial charge on any atom is -0.494 e. The van der Waals surface area contributed by atoms with Crippen LogP contribution in [-0.4, -0.2) is 28.2 Å². The fourth-order valence-corrected chi connectivity index (χ4v) is 4.15. The molecule has 0 aliphatic heterocycles. The number of carbonyl (C=O) groups is 1. The number of rotatable bonds is 8. The molecular weight excluding hydrogens is 410 g/mol. The van der Waals surface area contributed by atoms with Crippen LogP contribution in [0.25, 0.3) is 11.3 Å². The smallest absolute Gasteiger partial charge is 0.296 e. The number of carbonyl (C=O) groups excluding carboxylic acids is 1. The number of nitro groups is 1. The summed E-state index contributed by atoms with van der Waals surface area (Å²) in [5.74, 6) is 0.151. The summed E-state index contributed by atoms with van der Waals surface area (Å²) in [6.45, 7) is 4.22. The first-order valence-corrected chi connectivity index (χ1v) is 10.7. The lowest BCUT2D eigenvalue weighted by Crippen LogP contribution is -2.15. The Balaban J connectivity index is 1.62. The minimum absolute atomic E-state index is 0.102. The molecule has 9 heteroatoms. The van der Waals surface area contributed by atoms with Gasteiger partial charge in [-0.1, -0.05) is 41.6 Å². The first-order valence-electron chi connectivity index (χ1n) is 8.82. The van der Waals surface area contributed by atoms with Gasteiger partial charge in [0.2, 0.25) is 5.91 Å². The Bertz CT molecular complexity index is 1020. The molecule has 7 nitrogen and oxygen atoms in total. The van der Waals surface area contributed by atoms with Gasteiger partial charge in [0, 0.05) is 10.9 Å². The fraction of sp³-hybridized carbons (Fsp3) is 0.200. The Morgan fingerprint density at radius 1 is 1.28 bits per heavy atom. The van der Waals surface area contributed by atoms with E-state index in [-0.39, 0.29) is 23.0 Å². The normalized spacial score (nSPS) is 10.6. The largest absolute Gasteiger partial charge is 0.494 e. The molecule has 1 heterocycles. The summed E-state index contributed by atoms with van der Waals surface area (Å²) in [7, 11) is 0. The van der Waals surface area contributed by atoms with Gasteiger partial charge in [-0.3, -0.25) is 14.9 Å². The van der Waals surface area contributed by atoms with Gasteiger partial charge in [0.05, 0.1) is 29.0 Å². The maximum atomic E-state index is 12.3. The second-order valence-corrected chi connectivity index (χ2v) is 8.15. The lowest BCUT2D eigenvalue weighted by molar-refractivity contribution is -0.384. The first kappa shape index (κ1) is 20.8. The van der Waals surface area contributed by atoms with Gasteiger partial charge in [0.15, 0.2) is 4.34 Å². The number of nitro benzene ring substituents is 1. The number of amides is 1. The molecule has 29 heavy (non-hydrogen) atoms. The average Bonchev–Trinajstić information content (AvgIpc) is 3.17. The van der Waals surface area contributed by atoms with E-state index in [0.717, 1.165) is 15.6 Å². The van der Waals surface area contributed by atoms with Crippen molar-refractivity contribution in [2.75, 3.05) is 17.7 Å². The molecule has 2 aromatic carbocycles. The molecule has 0 bridgehead atoms. The van der Waals surface area contributed by atoms with Crippen LogP contribution in [0.3, 0.4) is 0 Å². The third kappa shape index (κ3) is 5.55. The zero-order valence-electron chi connectivity index (χ0n) is 15.9. The van der Waals surface area contributed by atoms with E-state index in [2.05, 4.69) is 10.3 Å². The summed E-state index contributed by atoms with van der Waals surface area (Å²) >= 11 is 2.75. The van der Waals surface area contributed by atoms with Gasteiger partial charge in [0.1, 0.15) is 11.4 Å². The van der Waals surface area contributed by atoms with Crippen LogP contribution in [0.4, 0.5) is 11.4 Å². The lowest BCUT2D eigenvalue weighted by atomic mass is 10.1. The Morgan fingerprint density at radius 3 is 2.72 bits per heavy atom. The van der Waals surface area contributed by atoms with Crippen LogP contribution in [-0.2, 0) is 4.79 Å². The summed E-state index contributed by atoms with van der Waals surface area (Å²) in [4.78, 5) is 27.6. The quantitative estimate of drug-likeness (QED) is 0.302. The Kier molecular flexibility index (Phi) is 6.84. The van der Waals surface area contributed by atoms with Crippen molar-refractivity contribution in [2.24, 2.45) is 0 Å². The van der Waals surface area contributed by atoms with Crippen molar-refractivity contribution < 1.29 is 14.5 Å². The van der Waals surface area contributed by atoms with E-state index in [1.54, 1.807) is 13.0 Å². The Labute approximate surface area is 176 Å². The molecule has 0 saturated heterocycles. The van der Waals surface area contributed by atoms with Crippen LogP contribution in [0.1, 0.15) is 12.5 Å². The predicted molar refractivity (Wildman–Crippen MR) is 116 cm³/mol. The second kappa shape index (κ2) is 9.53. The first-order chi connectivity index (χ1) is 14.0. The number of hydrogen-bond donors (Lipinski definition) is 1. The van der Waals surface area contributed by atoms with Gasteiger partial charge in [-0.2, -0.15) is 0 Å². The highest BCUT2D eigenvalue weighted by Crippen LogP contribution is 2.31. The number of thiazole rings is 1. The van der Waals surface area contributed by atoms with E-state index in [9.17, 15) is 14.9 Å². The number of aromatic nitrogens is 1. The molecule has 3 aromatic rings. The summed E-state index contributed by atoms with van der Waals surface area (Å²) in [5, 5.41) is 15.8. The molecule has 0 aliphatic rings. The van der Waals surface area contributed by atoms with Gasteiger partial charge in [-0.15, -0.1) is 11.3 Å². The highest BCUT2D eigenvalue weighted by Gasteiger charge is 2.18. The fourth-order valence-electron chi connectivity index (χ4n) is 2.52. The van der Waals surface area contributed by atoms with E-state index in [0.29, 0.717) is 12.4 Å². The summed E-state index contributed by atoms with van der Waals surface area (Å²) in [6, 6.07) is 12.4. The average molecular weight is 430 g/mol. The number of nitrogens with zero attached hydrogens (tertiary/aromatic N) is 2. The van der Waals surface area contributed by atoms with Crippen LogP contribution in [0.15, 0.2) is 52.2 Å². The zero-order valence-corrected chi connectivity index (χ0v) is 17.5. The monoisotopic (exact) mass is 429 g/mol. The van der Waals surface area contributed by atoms with E-state index in [1.165, 1.54) is 40.8 Å². The molecular formula is C20H19N3O4S2. The Hall–Kier alpha value is -2.91. The molecule has 3 rings (SSSR count). The van der Waals surface area contributed by atoms with Crippen LogP contribution >= 0.6 is 23.1 Å². The predicted octanol–water partition coefficient (Wildman–Crippen LogP) is 5.16. The number of thioether (sulfide) groups is 1. The van der Waals surface area contributed by atoms with Crippen molar-refractivity contribution in [1.82, 2.24) is 4.98 Å². The Morgan fingerprint density at radius 2 is 2.03 bits per heavy atom. The molecule has 1 N–H and O–H groups in total. The van der Waals surface area contributed by atoms with Crippen molar-refractivity contribution in [3.05, 3.63) is 63.5 Å². The molecule has 0 fully saturated rings. The zero-order chi connectivity index (χ0) is 20.8. The molecule has 0 spiro atoms. The minimum atomic E-state index is -0.542. The number of hydrogen-bond acceptors (Lipinski definition) is 7. The number of anilines is 1. The molecule has 1 aromatic heterocycles. The van der Waals surface area contributed by atoms with Crippen molar-refractivity contribution >= 4 is 40.4 Å². The van der Waals surface area contributed by atoms with E-state index in [4.69, 9.17) is 4.74 Å². The van der Waals surface area contributed by atoms with Gasteiger partial charge >= 0.3 is 0 Å². The highest BCUT2D eigenvalue weighted by molar-refractivity contribution is 8.01. The van der Waals surface area contributed by atoms with Crippen molar-refractivity contribution in [1.29, 1.82) is 0 Å². The van der Waals surface area contributed by atoms with Gasteiger partial charge in [-0.05, 0) is 26.0 Å². The maximum Gasteiger partial charge on any atom is 0.296 e. The van der Waals surface area contributed by atoms with Crippen molar-refractivity contribution in [3.63, 3.8) is 0 Å². The van der Waals surface area contributed by atoms with Gasteiger partial charge in [0.25, 0.3) is 5.69 Å². The third-order valence-electron chi connectivity index (χ3n) is 3.91. The summed E-state index contributed by atoms with van der Waals surface area (Å²) < 4.78 is 6.04. The third-order valence-corrected chi connectivity index (χ3v) is 5.93. The van der Waals surface area contributed by atoms with Gasteiger partial charge < -0.3 is 10.1 Å². The van der Waals surface area contributed by atoms with Crippen LogP contribution in [0, 0.1) is 17.0 Å². The molecule has 1 amide bonds. The molecule has 0 aliphatic carbocycles. The molecule has 150 valence electrons. The molecule has 0 radical (unpaired) electrons. The standard InChI is InChI=1S/C20H19N3O4S2/c1-3-27-15-8-9-16(18(10-15)23(25)26)21-19(24)12-29-20-22-17(11-28-20)14-6-4-13(2)5-7-14/h4-11H,3,12H2,1-2H3,(H,21,24).